The van der Waals surface area contributed by atoms with E-state index in [2.05, 4.69) is 4.98 Å². The number of benzene rings is 1. The maximum absolute atomic E-state index is 11.0. The number of nitrogen functional groups attached to an aromatic ring is 1. The maximum Gasteiger partial charge on any atom is 0.227 e. The smallest absolute Gasteiger partial charge is 0.227 e. The number of nitrogens with zero attached hydrogens (tertiary/aromatic N) is 3. The van der Waals surface area contributed by atoms with Gasteiger partial charge in [-0.2, -0.15) is 10.5 Å². The number of hydrogen-bond donors (Lipinski definition) is 2. The Balaban J connectivity index is 2.27. The lowest BCUT2D eigenvalue weighted by Crippen LogP contribution is -2.13. The van der Waals surface area contributed by atoms with Crippen molar-refractivity contribution >= 4 is 34.5 Å². The molecule has 0 bridgehead atoms. The van der Waals surface area contributed by atoms with E-state index in [9.17, 15) is 15.3 Å². The summed E-state index contributed by atoms with van der Waals surface area (Å²) in [7, 11) is 0. The topological polar surface area (TPSA) is 143 Å². The molecule has 0 radical (unpaired) electrons. The minimum absolute atomic E-state index is 0.0380. The van der Waals surface area contributed by atoms with Crippen LogP contribution in [0.4, 0.5) is 5.82 Å². The van der Waals surface area contributed by atoms with Gasteiger partial charge in [0.1, 0.15) is 39.9 Å². The lowest BCUT2D eigenvalue weighted by molar-refractivity contribution is -0.115. The van der Waals surface area contributed by atoms with Crippen LogP contribution in [0.1, 0.15) is 11.1 Å². The number of carbonyl (C=O) groups excluding carboxylic acids is 1. The Kier molecular flexibility index (Phi) is 4.29. The Morgan fingerprint density at radius 1 is 1.24 bits per heavy atom. The molecule has 1 aromatic carbocycles. The molecule has 0 aliphatic rings. The number of para-hydroxylation sites is 1. The second-order valence-electron chi connectivity index (χ2n) is 5.05. The summed E-state index contributed by atoms with van der Waals surface area (Å²) in [6.07, 6.45) is 0. The predicted octanol–water partition coefficient (Wildman–Crippen LogP) is 2.40. The molecule has 0 aliphatic heterocycles. The Hall–Kier alpha value is -3.49. The zero-order valence-corrected chi connectivity index (χ0v) is 13.6. The van der Waals surface area contributed by atoms with Crippen LogP contribution in [0.3, 0.4) is 0 Å². The second-order valence-corrected chi connectivity index (χ2v) is 6.02. The summed E-state index contributed by atoms with van der Waals surface area (Å²) in [5, 5.41) is 20.1. The molecular formula is C17H11N5O2S. The van der Waals surface area contributed by atoms with Gasteiger partial charge in [-0.3, -0.25) is 4.79 Å². The number of hydrogen-bond acceptors (Lipinski definition) is 7. The quantitative estimate of drug-likeness (QED) is 0.688. The molecule has 25 heavy (non-hydrogen) atoms. The number of furan rings is 1. The molecule has 0 atom stereocenters. The highest BCUT2D eigenvalue weighted by molar-refractivity contribution is 8.00. The van der Waals surface area contributed by atoms with Gasteiger partial charge >= 0.3 is 0 Å². The van der Waals surface area contributed by atoms with Gasteiger partial charge in [0.25, 0.3) is 0 Å². The minimum Gasteiger partial charge on any atom is -0.456 e. The molecule has 0 unspecified atom stereocenters. The summed E-state index contributed by atoms with van der Waals surface area (Å²) < 4.78 is 5.79. The first-order valence-electron chi connectivity index (χ1n) is 7.09. The fourth-order valence-corrected chi connectivity index (χ4v) is 3.13. The van der Waals surface area contributed by atoms with Gasteiger partial charge in [-0.25, -0.2) is 4.98 Å². The van der Waals surface area contributed by atoms with Gasteiger partial charge in [0.2, 0.25) is 5.91 Å². The monoisotopic (exact) mass is 349 g/mol. The highest BCUT2D eigenvalue weighted by atomic mass is 32.2. The number of carbonyl (C=O) groups is 1. The molecule has 8 heteroatoms. The summed E-state index contributed by atoms with van der Waals surface area (Å²) in [4.78, 5) is 15.1. The van der Waals surface area contributed by atoms with Crippen LogP contribution in [0, 0.1) is 22.7 Å². The molecule has 0 saturated heterocycles. The molecule has 2 aromatic heterocycles. The number of fused-ring (bicyclic) bond motifs is 1. The maximum atomic E-state index is 11.0. The van der Waals surface area contributed by atoms with Gasteiger partial charge in [0.15, 0.2) is 0 Å². The average Bonchev–Trinajstić information content (AvgIpc) is 3.02. The van der Waals surface area contributed by atoms with Gasteiger partial charge in [0, 0.05) is 5.39 Å². The van der Waals surface area contributed by atoms with Crippen LogP contribution in [-0.4, -0.2) is 16.6 Å². The number of anilines is 1. The SMILES string of the molecule is N#Cc1c(N)nc(SCC(N)=O)c(C#N)c1-c1cc2ccccc2o1. The fourth-order valence-electron chi connectivity index (χ4n) is 2.39. The highest BCUT2D eigenvalue weighted by Gasteiger charge is 2.23. The summed E-state index contributed by atoms with van der Waals surface area (Å²) >= 11 is 0.990. The minimum atomic E-state index is -0.552. The van der Waals surface area contributed by atoms with Gasteiger partial charge in [-0.15, -0.1) is 0 Å². The van der Waals surface area contributed by atoms with E-state index in [4.69, 9.17) is 15.9 Å². The van der Waals surface area contributed by atoms with E-state index < -0.39 is 5.91 Å². The number of thioether (sulfide) groups is 1. The molecular weight excluding hydrogens is 338 g/mol. The van der Waals surface area contributed by atoms with Crippen LogP contribution < -0.4 is 11.5 Å². The number of aromatic nitrogens is 1. The molecule has 0 aliphatic carbocycles. The molecule has 2 heterocycles. The lowest BCUT2D eigenvalue weighted by Gasteiger charge is -2.10. The van der Waals surface area contributed by atoms with E-state index in [1.165, 1.54) is 0 Å². The van der Waals surface area contributed by atoms with Gasteiger partial charge in [0.05, 0.1) is 16.9 Å². The van der Waals surface area contributed by atoms with Gasteiger partial charge in [-0.05, 0) is 12.1 Å². The zero-order valence-electron chi connectivity index (χ0n) is 12.8. The van der Waals surface area contributed by atoms with Gasteiger partial charge < -0.3 is 15.9 Å². The summed E-state index contributed by atoms with van der Waals surface area (Å²) in [6.45, 7) is 0. The number of primary amides is 1. The zero-order chi connectivity index (χ0) is 18.0. The fraction of sp³-hybridized carbons (Fsp3) is 0.0588. The normalized spacial score (nSPS) is 10.3. The van der Waals surface area contributed by atoms with Crippen molar-refractivity contribution in [1.29, 1.82) is 10.5 Å². The van der Waals surface area contributed by atoms with E-state index in [0.29, 0.717) is 11.3 Å². The first-order valence-corrected chi connectivity index (χ1v) is 8.07. The van der Waals surface area contributed by atoms with Crippen LogP contribution in [0.25, 0.3) is 22.3 Å². The highest BCUT2D eigenvalue weighted by Crippen LogP contribution is 2.37. The third-order valence-electron chi connectivity index (χ3n) is 3.44. The van der Waals surface area contributed by atoms with Crippen molar-refractivity contribution in [1.82, 2.24) is 4.98 Å². The second kappa shape index (κ2) is 6.56. The van der Waals surface area contributed by atoms with Crippen LogP contribution in [-0.2, 0) is 4.79 Å². The number of nitrogens with two attached hydrogens (primary N) is 2. The molecule has 122 valence electrons. The summed E-state index contributed by atoms with van der Waals surface area (Å²) in [6, 6.07) is 13.0. The van der Waals surface area contributed by atoms with Crippen LogP contribution in [0.15, 0.2) is 39.8 Å². The Morgan fingerprint density at radius 3 is 2.60 bits per heavy atom. The number of rotatable bonds is 4. The van der Waals surface area contributed by atoms with E-state index in [1.807, 2.05) is 30.3 Å². The molecule has 0 saturated carbocycles. The molecule has 0 fully saturated rings. The molecule has 4 N–H and O–H groups in total. The molecule has 1 amide bonds. The summed E-state index contributed by atoms with van der Waals surface area (Å²) in [5.41, 5.74) is 12.1. The van der Waals surface area contributed by atoms with Gasteiger partial charge in [-0.1, -0.05) is 30.0 Å². The van der Waals surface area contributed by atoms with Crippen molar-refractivity contribution in [3.05, 3.63) is 41.5 Å². The molecule has 3 aromatic rings. The average molecular weight is 349 g/mol. The van der Waals surface area contributed by atoms with E-state index >= 15 is 0 Å². The third kappa shape index (κ3) is 2.99. The van der Waals surface area contributed by atoms with Crippen molar-refractivity contribution in [2.75, 3.05) is 11.5 Å². The molecule has 7 nitrogen and oxygen atoms in total. The largest absolute Gasteiger partial charge is 0.456 e. The van der Waals surface area contributed by atoms with Crippen LogP contribution in [0.5, 0.6) is 0 Å². The molecule has 0 spiro atoms. The van der Waals surface area contributed by atoms with Crippen molar-refractivity contribution in [2.45, 2.75) is 5.03 Å². The predicted molar refractivity (Wildman–Crippen MR) is 93.2 cm³/mol. The van der Waals surface area contributed by atoms with Crippen molar-refractivity contribution in [3.63, 3.8) is 0 Å². The summed E-state index contributed by atoms with van der Waals surface area (Å²) in [5.74, 6) is -0.316. The standard InChI is InChI=1S/C17H11N5O2S/c18-6-10-15(13-5-9-3-1-2-4-12(9)24-13)11(7-19)17(22-16(10)21)25-8-14(20)23/h1-5H,8H2,(H2,20,23)(H2,21,22). The van der Waals surface area contributed by atoms with Crippen LogP contribution >= 0.6 is 11.8 Å². The first-order chi connectivity index (χ1) is 12.0. The number of pyridine rings is 1. The number of nitriles is 2. The third-order valence-corrected chi connectivity index (χ3v) is 4.44. The van der Waals surface area contributed by atoms with Crippen molar-refractivity contribution < 1.29 is 9.21 Å². The lowest BCUT2D eigenvalue weighted by atomic mass is 10.0. The Morgan fingerprint density at radius 2 is 1.96 bits per heavy atom. The van der Waals surface area contributed by atoms with E-state index in [0.717, 1.165) is 17.1 Å². The van der Waals surface area contributed by atoms with Crippen molar-refractivity contribution in [2.24, 2.45) is 5.73 Å². The molecule has 3 rings (SSSR count). The number of amides is 1. The van der Waals surface area contributed by atoms with E-state index in [1.54, 1.807) is 12.1 Å². The van der Waals surface area contributed by atoms with Crippen molar-refractivity contribution in [3.8, 4) is 23.5 Å². The first kappa shape index (κ1) is 16.4. The Bertz CT molecular complexity index is 1040. The Labute approximate surface area is 146 Å². The van der Waals surface area contributed by atoms with Crippen LogP contribution in [0.2, 0.25) is 0 Å². The van der Waals surface area contributed by atoms with E-state index in [-0.39, 0.29) is 33.3 Å².